The highest BCUT2D eigenvalue weighted by molar-refractivity contribution is 6.31. The lowest BCUT2D eigenvalue weighted by molar-refractivity contribution is 0.561. The van der Waals surface area contributed by atoms with Crippen LogP contribution in [-0.2, 0) is 7.05 Å². The second-order valence-corrected chi connectivity index (χ2v) is 4.29. The zero-order valence-corrected chi connectivity index (χ0v) is 10.9. The lowest BCUT2D eigenvalue weighted by atomic mass is 10.0. The Kier molecular flexibility index (Phi) is 3.93. The number of aryl methyl sites for hydroxylation is 1. The second kappa shape index (κ2) is 5.46. The van der Waals surface area contributed by atoms with E-state index in [4.69, 9.17) is 11.6 Å². The van der Waals surface area contributed by atoms with Crippen molar-refractivity contribution in [2.24, 2.45) is 7.05 Å². The summed E-state index contributed by atoms with van der Waals surface area (Å²) < 4.78 is 15.2. The molecule has 96 valence electrons. The summed E-state index contributed by atoms with van der Waals surface area (Å²) in [5.74, 6) is -0.424. The van der Waals surface area contributed by atoms with Crippen molar-refractivity contribution < 1.29 is 4.39 Å². The van der Waals surface area contributed by atoms with Crippen LogP contribution in [0.3, 0.4) is 0 Å². The van der Waals surface area contributed by atoms with E-state index in [1.165, 1.54) is 6.07 Å². The van der Waals surface area contributed by atoms with Crippen molar-refractivity contribution in [3.63, 3.8) is 0 Å². The van der Waals surface area contributed by atoms with Crippen LogP contribution in [0, 0.1) is 5.82 Å². The number of rotatable bonds is 4. The Labute approximate surface area is 110 Å². The molecule has 6 heteroatoms. The third-order valence-electron chi connectivity index (χ3n) is 2.75. The monoisotopic (exact) mass is 268 g/mol. The highest BCUT2D eigenvalue weighted by atomic mass is 35.5. The van der Waals surface area contributed by atoms with Gasteiger partial charge >= 0.3 is 0 Å². The fraction of sp³-hybridized carbons (Fsp3) is 0.333. The normalized spacial score (nSPS) is 12.7. The van der Waals surface area contributed by atoms with E-state index in [0.29, 0.717) is 5.56 Å². The smallest absolute Gasteiger partial charge is 0.142 e. The quantitative estimate of drug-likeness (QED) is 0.925. The molecule has 1 atom stereocenters. The van der Waals surface area contributed by atoms with Gasteiger partial charge in [-0.25, -0.2) is 4.39 Å². The number of hydrogen-bond donors (Lipinski definition) is 1. The maximum atomic E-state index is 13.5. The number of hydrogen-bond acceptors (Lipinski definition) is 3. The first-order valence-corrected chi connectivity index (χ1v) is 6.04. The van der Waals surface area contributed by atoms with E-state index in [1.807, 2.05) is 6.92 Å². The molecule has 0 aliphatic carbocycles. The molecule has 1 unspecified atom stereocenters. The van der Waals surface area contributed by atoms with Crippen LogP contribution >= 0.6 is 11.6 Å². The van der Waals surface area contributed by atoms with Crippen LogP contribution in [0.1, 0.15) is 24.2 Å². The summed E-state index contributed by atoms with van der Waals surface area (Å²) in [6.45, 7) is 2.70. The van der Waals surface area contributed by atoms with Gasteiger partial charge in [-0.2, -0.15) is 0 Å². The lowest BCUT2D eigenvalue weighted by Gasteiger charge is -2.19. The predicted octanol–water partition coefficient (Wildman–Crippen LogP) is 2.31. The van der Waals surface area contributed by atoms with Crippen molar-refractivity contribution >= 4 is 11.6 Å². The zero-order chi connectivity index (χ0) is 13.1. The first kappa shape index (κ1) is 13.0. The van der Waals surface area contributed by atoms with Crippen molar-refractivity contribution in [3.8, 4) is 0 Å². The van der Waals surface area contributed by atoms with E-state index < -0.39 is 5.82 Å². The SMILES string of the molecule is CCNC(c1cccc(F)c1Cl)c1cnnn1C. The van der Waals surface area contributed by atoms with Crippen molar-refractivity contribution in [3.05, 3.63) is 46.5 Å². The minimum atomic E-state index is -0.424. The standard InChI is InChI=1S/C12H14ClFN4/c1-3-15-12(10-7-16-17-18(10)2)8-5-4-6-9(14)11(8)13/h4-7,12,15H,3H2,1-2H3. The van der Waals surface area contributed by atoms with Gasteiger partial charge in [-0.3, -0.25) is 4.68 Å². The maximum absolute atomic E-state index is 13.5. The molecular formula is C12H14ClFN4. The van der Waals surface area contributed by atoms with Gasteiger partial charge in [0.1, 0.15) is 5.82 Å². The number of nitrogens with zero attached hydrogens (tertiary/aromatic N) is 3. The average molecular weight is 269 g/mol. The number of aromatic nitrogens is 3. The minimum absolute atomic E-state index is 0.129. The molecule has 0 saturated heterocycles. The minimum Gasteiger partial charge on any atom is -0.305 e. The number of nitrogens with one attached hydrogen (secondary N) is 1. The van der Waals surface area contributed by atoms with Crippen LogP contribution in [0.15, 0.2) is 24.4 Å². The van der Waals surface area contributed by atoms with Crippen LogP contribution in [0.2, 0.25) is 5.02 Å². The molecule has 0 aliphatic rings. The summed E-state index contributed by atoms with van der Waals surface area (Å²) in [7, 11) is 1.79. The summed E-state index contributed by atoms with van der Waals surface area (Å²) >= 11 is 6.03. The van der Waals surface area contributed by atoms with E-state index in [1.54, 1.807) is 30.1 Å². The fourth-order valence-electron chi connectivity index (χ4n) is 1.88. The highest BCUT2D eigenvalue weighted by Gasteiger charge is 2.21. The number of benzene rings is 1. The van der Waals surface area contributed by atoms with Crippen molar-refractivity contribution in [1.29, 1.82) is 0 Å². The van der Waals surface area contributed by atoms with Crippen LogP contribution in [0.25, 0.3) is 0 Å². The molecule has 1 aromatic carbocycles. The van der Waals surface area contributed by atoms with Crippen LogP contribution in [0.5, 0.6) is 0 Å². The van der Waals surface area contributed by atoms with E-state index >= 15 is 0 Å². The second-order valence-electron chi connectivity index (χ2n) is 3.92. The average Bonchev–Trinajstić information content (AvgIpc) is 2.76. The van der Waals surface area contributed by atoms with Crippen molar-refractivity contribution in [1.82, 2.24) is 20.3 Å². The zero-order valence-electron chi connectivity index (χ0n) is 10.2. The summed E-state index contributed by atoms with van der Waals surface area (Å²) in [6, 6.07) is 4.56. The molecule has 0 saturated carbocycles. The van der Waals surface area contributed by atoms with Gasteiger partial charge in [-0.15, -0.1) is 5.10 Å². The molecule has 0 amide bonds. The molecule has 0 bridgehead atoms. The van der Waals surface area contributed by atoms with Gasteiger partial charge in [0.05, 0.1) is 23.0 Å². The highest BCUT2D eigenvalue weighted by Crippen LogP contribution is 2.29. The van der Waals surface area contributed by atoms with Gasteiger partial charge in [0.15, 0.2) is 0 Å². The molecule has 18 heavy (non-hydrogen) atoms. The van der Waals surface area contributed by atoms with E-state index in [2.05, 4.69) is 15.6 Å². The van der Waals surface area contributed by atoms with E-state index in [9.17, 15) is 4.39 Å². The van der Waals surface area contributed by atoms with Crippen molar-refractivity contribution in [2.75, 3.05) is 6.54 Å². The molecule has 0 radical (unpaired) electrons. The van der Waals surface area contributed by atoms with Crippen LogP contribution in [-0.4, -0.2) is 21.5 Å². The van der Waals surface area contributed by atoms with Gasteiger partial charge in [-0.1, -0.05) is 35.9 Å². The third kappa shape index (κ3) is 2.37. The summed E-state index contributed by atoms with van der Waals surface area (Å²) in [6.07, 6.45) is 1.65. The first-order chi connectivity index (χ1) is 8.65. The summed E-state index contributed by atoms with van der Waals surface area (Å²) in [5.41, 5.74) is 1.52. The van der Waals surface area contributed by atoms with Crippen LogP contribution < -0.4 is 5.32 Å². The fourth-order valence-corrected chi connectivity index (χ4v) is 2.12. The summed E-state index contributed by atoms with van der Waals surface area (Å²) in [5, 5.41) is 11.1. The van der Waals surface area contributed by atoms with Gasteiger partial charge in [0, 0.05) is 7.05 Å². The van der Waals surface area contributed by atoms with E-state index in [0.717, 1.165) is 12.2 Å². The van der Waals surface area contributed by atoms with Gasteiger partial charge in [-0.05, 0) is 18.2 Å². The number of halogens is 2. The Balaban J connectivity index is 2.48. The third-order valence-corrected chi connectivity index (χ3v) is 3.14. The predicted molar refractivity (Wildman–Crippen MR) is 67.9 cm³/mol. The van der Waals surface area contributed by atoms with Crippen molar-refractivity contribution in [2.45, 2.75) is 13.0 Å². The van der Waals surface area contributed by atoms with Gasteiger partial charge < -0.3 is 5.32 Å². The summed E-state index contributed by atoms with van der Waals surface area (Å²) in [4.78, 5) is 0. The molecule has 0 spiro atoms. The molecule has 2 aromatic rings. The Hall–Kier alpha value is -1.46. The Morgan fingerprint density at radius 3 is 2.89 bits per heavy atom. The maximum Gasteiger partial charge on any atom is 0.142 e. The molecule has 2 rings (SSSR count). The van der Waals surface area contributed by atoms with Gasteiger partial charge in [0.25, 0.3) is 0 Å². The topological polar surface area (TPSA) is 42.7 Å². The Morgan fingerprint density at radius 2 is 2.28 bits per heavy atom. The Bertz CT molecular complexity index is 541. The molecule has 1 heterocycles. The molecule has 4 nitrogen and oxygen atoms in total. The molecular weight excluding hydrogens is 255 g/mol. The van der Waals surface area contributed by atoms with Gasteiger partial charge in [0.2, 0.25) is 0 Å². The molecule has 1 N–H and O–H groups in total. The Morgan fingerprint density at radius 1 is 1.50 bits per heavy atom. The first-order valence-electron chi connectivity index (χ1n) is 5.67. The van der Waals surface area contributed by atoms with E-state index in [-0.39, 0.29) is 11.1 Å². The largest absolute Gasteiger partial charge is 0.305 e. The molecule has 0 aliphatic heterocycles. The van der Waals surface area contributed by atoms with Crippen LogP contribution in [0.4, 0.5) is 4.39 Å². The molecule has 1 aromatic heterocycles. The lowest BCUT2D eigenvalue weighted by Crippen LogP contribution is -2.24. The molecule has 0 fully saturated rings.